The summed E-state index contributed by atoms with van der Waals surface area (Å²) in [7, 11) is -4.70. The molecule has 0 aliphatic carbocycles. The molecule has 0 bridgehead atoms. The van der Waals surface area contributed by atoms with E-state index in [0.29, 0.717) is 7.05 Å². The second kappa shape index (κ2) is 2.36. The van der Waals surface area contributed by atoms with Gasteiger partial charge in [0.15, 0.2) is 0 Å². The van der Waals surface area contributed by atoms with Crippen LogP contribution in [0.2, 0.25) is 0 Å². The molecule has 0 unspecified atom stereocenters. The van der Waals surface area contributed by atoms with Crippen LogP contribution in [-0.2, 0) is 10.0 Å². The molecule has 2 N–H and O–H groups in total. The van der Waals surface area contributed by atoms with Crippen LogP contribution in [0.4, 0.5) is 13.2 Å². The van der Waals surface area contributed by atoms with E-state index in [4.69, 9.17) is 0 Å². The molecule has 0 heterocycles. The number of halogens is 3. The van der Waals surface area contributed by atoms with E-state index in [-0.39, 0.29) is 4.41 Å². The van der Waals surface area contributed by atoms with E-state index >= 15 is 0 Å². The molecule has 0 aromatic carbocycles. The zero-order chi connectivity index (χ0) is 8.58. The number of nitrogens with zero attached hydrogens (tertiary/aromatic N) is 1. The molecule has 0 aromatic rings. The minimum absolute atomic E-state index is 0.382. The molecule has 10 heavy (non-hydrogen) atoms. The molecular formula is C2H5F3N2O2S. The van der Waals surface area contributed by atoms with E-state index < -0.39 is 15.5 Å². The highest BCUT2D eigenvalue weighted by Gasteiger charge is 2.47. The average molecular weight is 178 g/mol. The zero-order valence-electron chi connectivity index (χ0n) is 4.88. The predicted molar refractivity (Wildman–Crippen MR) is 26.9 cm³/mol. The highest BCUT2D eigenvalue weighted by Crippen LogP contribution is 2.23. The summed E-state index contributed by atoms with van der Waals surface area (Å²) in [6, 6.07) is 0. The number of hydrazine groups is 1. The molecule has 0 aromatic heterocycles. The molecule has 0 spiro atoms. The van der Waals surface area contributed by atoms with Gasteiger partial charge in [0.25, 0.3) is 0 Å². The molecular weight excluding hydrogens is 173 g/mol. The number of alkyl halides is 3. The summed E-state index contributed by atoms with van der Waals surface area (Å²) in [5.41, 5.74) is -5.31. The van der Waals surface area contributed by atoms with E-state index in [1.165, 1.54) is 0 Å². The van der Waals surface area contributed by atoms with Crippen molar-refractivity contribution in [2.45, 2.75) is 5.51 Å². The SMILES string of the molecule is CN(N)S(=O)(=O)C(F)(F)F. The molecule has 62 valence electrons. The lowest BCUT2D eigenvalue weighted by molar-refractivity contribution is -0.0482. The van der Waals surface area contributed by atoms with E-state index in [1.807, 2.05) is 0 Å². The molecule has 0 rings (SSSR count). The largest absolute Gasteiger partial charge is 0.512 e. The van der Waals surface area contributed by atoms with Crippen LogP contribution in [0.1, 0.15) is 0 Å². The van der Waals surface area contributed by atoms with Crippen molar-refractivity contribution in [1.29, 1.82) is 0 Å². The van der Waals surface area contributed by atoms with Gasteiger partial charge in [-0.25, -0.2) is 8.42 Å². The van der Waals surface area contributed by atoms with Crippen LogP contribution in [0.25, 0.3) is 0 Å². The quantitative estimate of drug-likeness (QED) is 0.440. The molecule has 0 aliphatic rings. The Labute approximate surface area is 55.4 Å². The first-order chi connectivity index (χ1) is 4.19. The monoisotopic (exact) mass is 178 g/mol. The first-order valence-electron chi connectivity index (χ1n) is 1.99. The summed E-state index contributed by atoms with van der Waals surface area (Å²) >= 11 is 0. The van der Waals surface area contributed by atoms with Gasteiger partial charge in [-0.15, -0.1) is 4.41 Å². The third-order valence-corrected chi connectivity index (χ3v) is 2.01. The van der Waals surface area contributed by atoms with Crippen molar-refractivity contribution in [3.05, 3.63) is 0 Å². The first kappa shape index (κ1) is 9.66. The van der Waals surface area contributed by atoms with Crippen molar-refractivity contribution in [2.24, 2.45) is 5.84 Å². The van der Waals surface area contributed by atoms with Gasteiger partial charge in [0.05, 0.1) is 0 Å². The van der Waals surface area contributed by atoms with Crippen LogP contribution >= 0.6 is 0 Å². The van der Waals surface area contributed by atoms with Crippen LogP contribution < -0.4 is 5.84 Å². The summed E-state index contributed by atoms with van der Waals surface area (Å²) in [4.78, 5) is 0. The van der Waals surface area contributed by atoms with Crippen molar-refractivity contribution in [1.82, 2.24) is 4.41 Å². The van der Waals surface area contributed by atoms with Crippen LogP contribution in [0.3, 0.4) is 0 Å². The minimum Gasteiger partial charge on any atom is -0.255 e. The van der Waals surface area contributed by atoms with E-state index in [0.717, 1.165) is 0 Å². The van der Waals surface area contributed by atoms with Gasteiger partial charge >= 0.3 is 15.5 Å². The van der Waals surface area contributed by atoms with Crippen molar-refractivity contribution in [3.63, 3.8) is 0 Å². The van der Waals surface area contributed by atoms with Gasteiger partial charge in [0.2, 0.25) is 0 Å². The maximum atomic E-state index is 11.4. The lowest BCUT2D eigenvalue weighted by atomic mass is 11.5. The predicted octanol–water partition coefficient (Wildman–Crippen LogP) is -0.358. The highest BCUT2D eigenvalue weighted by molar-refractivity contribution is 7.89. The van der Waals surface area contributed by atoms with Gasteiger partial charge in [-0.2, -0.15) is 13.2 Å². The highest BCUT2D eigenvalue weighted by atomic mass is 32.2. The van der Waals surface area contributed by atoms with Gasteiger partial charge in [-0.3, -0.25) is 5.84 Å². The molecule has 0 atom stereocenters. The summed E-state index contributed by atoms with van der Waals surface area (Å²) in [5.74, 6) is 4.38. The van der Waals surface area contributed by atoms with E-state index in [1.54, 1.807) is 0 Å². The Balaban J connectivity index is 4.79. The molecule has 8 heteroatoms. The fourth-order valence-electron chi connectivity index (χ4n) is 0.163. The van der Waals surface area contributed by atoms with Gasteiger partial charge < -0.3 is 0 Å². The smallest absolute Gasteiger partial charge is 0.255 e. The Kier molecular flexibility index (Phi) is 2.28. The van der Waals surface area contributed by atoms with Crippen molar-refractivity contribution in [3.8, 4) is 0 Å². The van der Waals surface area contributed by atoms with E-state index in [9.17, 15) is 21.6 Å². The minimum atomic E-state index is -5.31. The number of sulfonamides is 1. The van der Waals surface area contributed by atoms with Crippen LogP contribution in [0, 0.1) is 0 Å². The third kappa shape index (κ3) is 1.58. The van der Waals surface area contributed by atoms with Crippen molar-refractivity contribution >= 4 is 10.0 Å². The molecule has 0 aliphatic heterocycles. The van der Waals surface area contributed by atoms with Gasteiger partial charge in [-0.1, -0.05) is 0 Å². The zero-order valence-corrected chi connectivity index (χ0v) is 5.70. The van der Waals surface area contributed by atoms with E-state index in [2.05, 4.69) is 5.84 Å². The Morgan fingerprint density at radius 2 is 1.70 bits per heavy atom. The average Bonchev–Trinajstić information content (AvgIpc) is 1.62. The molecule has 0 radical (unpaired) electrons. The van der Waals surface area contributed by atoms with Crippen molar-refractivity contribution < 1.29 is 21.6 Å². The molecule has 0 amide bonds. The summed E-state index contributed by atoms with van der Waals surface area (Å²) in [5, 5.41) is 0. The standard InChI is InChI=1S/C2H5F3N2O2S/c1-7(6)10(8,9)2(3,4)5/h6H2,1H3. The van der Waals surface area contributed by atoms with Gasteiger partial charge in [0.1, 0.15) is 0 Å². The molecule has 4 nitrogen and oxygen atoms in total. The Morgan fingerprint density at radius 3 is 1.70 bits per heavy atom. The van der Waals surface area contributed by atoms with Gasteiger partial charge in [-0.05, 0) is 0 Å². The number of hydrogen-bond acceptors (Lipinski definition) is 3. The molecule has 0 saturated carbocycles. The molecule has 0 fully saturated rings. The lowest BCUT2D eigenvalue weighted by Gasteiger charge is -2.12. The second-order valence-electron chi connectivity index (χ2n) is 1.47. The van der Waals surface area contributed by atoms with Crippen LogP contribution in [0.15, 0.2) is 0 Å². The van der Waals surface area contributed by atoms with Crippen LogP contribution in [0.5, 0.6) is 0 Å². The van der Waals surface area contributed by atoms with Crippen LogP contribution in [-0.4, -0.2) is 25.4 Å². The number of hydrogen-bond donors (Lipinski definition) is 1. The maximum absolute atomic E-state index is 11.4. The fraction of sp³-hybridized carbons (Fsp3) is 1.00. The second-order valence-corrected chi connectivity index (χ2v) is 3.46. The Morgan fingerprint density at radius 1 is 1.40 bits per heavy atom. The third-order valence-electron chi connectivity index (χ3n) is 0.672. The van der Waals surface area contributed by atoms with Gasteiger partial charge in [0, 0.05) is 7.05 Å². The lowest BCUT2D eigenvalue weighted by Crippen LogP contribution is -2.42. The summed E-state index contributed by atoms with van der Waals surface area (Å²) in [6.07, 6.45) is 0. The fourth-order valence-corrected chi connectivity index (χ4v) is 0.490. The molecule has 0 saturated heterocycles. The number of nitrogens with two attached hydrogens (primary N) is 1. The maximum Gasteiger partial charge on any atom is 0.512 e. The number of rotatable bonds is 1. The topological polar surface area (TPSA) is 63.4 Å². The summed E-state index contributed by atoms with van der Waals surface area (Å²) in [6.45, 7) is 0. The Bertz CT molecular complexity index is 205. The normalized spacial score (nSPS) is 14.2. The summed E-state index contributed by atoms with van der Waals surface area (Å²) < 4.78 is 53.8. The van der Waals surface area contributed by atoms with Crippen molar-refractivity contribution in [2.75, 3.05) is 7.05 Å². The Hall–Kier alpha value is -0.340. The first-order valence-corrected chi connectivity index (χ1v) is 3.43.